The Morgan fingerprint density at radius 3 is 2.35 bits per heavy atom. The maximum atomic E-state index is 14.0. The lowest BCUT2D eigenvalue weighted by Gasteiger charge is -2.16. The average molecular weight is 520 g/mol. The normalized spacial score (nSPS) is 12.1. The molecule has 0 aliphatic rings. The van der Waals surface area contributed by atoms with Crippen LogP contribution in [0, 0.1) is 11.6 Å². The summed E-state index contributed by atoms with van der Waals surface area (Å²) in [6.07, 6.45) is 1.06. The van der Waals surface area contributed by atoms with Crippen LogP contribution in [0.25, 0.3) is 11.4 Å². The number of imidazole rings is 1. The van der Waals surface area contributed by atoms with Gasteiger partial charge in [-0.25, -0.2) is 35.7 Å². The Morgan fingerprint density at radius 1 is 1.16 bits per heavy atom. The number of aryl methyl sites for hydroxylation is 1. The molecule has 0 fully saturated rings. The third-order valence-corrected chi connectivity index (χ3v) is 6.11. The van der Waals surface area contributed by atoms with Gasteiger partial charge in [-0.2, -0.15) is 0 Å². The van der Waals surface area contributed by atoms with Gasteiger partial charge in [0.2, 0.25) is 0 Å². The fourth-order valence-corrected chi connectivity index (χ4v) is 4.42. The minimum absolute atomic E-state index is 0.218. The molecule has 0 atom stereocenters. The van der Waals surface area contributed by atoms with Crippen LogP contribution in [0.1, 0.15) is 23.0 Å². The van der Waals surface area contributed by atoms with E-state index in [2.05, 4.69) is 20.9 Å². The van der Waals surface area contributed by atoms with Crippen molar-refractivity contribution < 1.29 is 30.8 Å². The van der Waals surface area contributed by atoms with Crippen molar-refractivity contribution in [2.75, 3.05) is 0 Å². The Bertz CT molecular complexity index is 1270. The van der Waals surface area contributed by atoms with Gasteiger partial charge < -0.3 is 4.57 Å². The Balaban J connectivity index is 1.98. The van der Waals surface area contributed by atoms with Gasteiger partial charge in [0.25, 0.3) is 21.9 Å². The van der Waals surface area contributed by atoms with Crippen molar-refractivity contribution in [1.82, 2.24) is 14.3 Å². The number of benzene rings is 2. The first kappa shape index (κ1) is 22.9. The molecule has 1 heterocycles. The second-order valence-corrected chi connectivity index (χ2v) is 9.19. The van der Waals surface area contributed by atoms with E-state index in [0.717, 1.165) is 41.1 Å². The minimum atomic E-state index is -4.72. The van der Waals surface area contributed by atoms with E-state index in [1.54, 1.807) is 4.72 Å². The van der Waals surface area contributed by atoms with Gasteiger partial charge in [-0.3, -0.25) is 4.79 Å². The highest BCUT2D eigenvalue weighted by Gasteiger charge is 2.34. The highest BCUT2D eigenvalue weighted by atomic mass is 79.9. The zero-order valence-corrected chi connectivity index (χ0v) is 18.4. The van der Waals surface area contributed by atoms with Crippen molar-refractivity contribution in [3.8, 4) is 11.4 Å². The Hall–Kier alpha value is -2.73. The predicted molar refractivity (Wildman–Crippen MR) is 107 cm³/mol. The van der Waals surface area contributed by atoms with E-state index in [1.807, 2.05) is 0 Å². The number of rotatable bonds is 5. The molecule has 6 nitrogen and oxygen atoms in total. The molecule has 0 saturated carbocycles. The van der Waals surface area contributed by atoms with Gasteiger partial charge >= 0.3 is 0 Å². The molecule has 0 bridgehead atoms. The molecular weight excluding hydrogens is 506 g/mol. The number of halogens is 5. The lowest BCUT2D eigenvalue weighted by molar-refractivity contribution is 0.0143. The monoisotopic (exact) mass is 519 g/mol. The summed E-state index contributed by atoms with van der Waals surface area (Å²) in [6, 6.07) is 6.23. The molecule has 2 aromatic carbocycles. The molecular formula is C19H14BrF4N3O3S. The lowest BCUT2D eigenvalue weighted by atomic mass is 10.1. The number of aromatic nitrogens is 2. The van der Waals surface area contributed by atoms with E-state index in [9.17, 15) is 30.8 Å². The van der Waals surface area contributed by atoms with Gasteiger partial charge in [-0.15, -0.1) is 0 Å². The van der Waals surface area contributed by atoms with Crippen LogP contribution >= 0.6 is 15.9 Å². The topological polar surface area (TPSA) is 81.1 Å². The second kappa shape index (κ2) is 8.08. The summed E-state index contributed by atoms with van der Waals surface area (Å²) in [6.45, 7) is 0.517. The summed E-state index contributed by atoms with van der Waals surface area (Å²) in [5.41, 5.74) is -1.81. The van der Waals surface area contributed by atoms with E-state index in [1.165, 1.54) is 13.1 Å². The van der Waals surface area contributed by atoms with Crippen LogP contribution in [0.15, 0.2) is 52.0 Å². The van der Waals surface area contributed by atoms with Crippen LogP contribution in [0.5, 0.6) is 0 Å². The van der Waals surface area contributed by atoms with E-state index in [-0.39, 0.29) is 10.3 Å². The summed E-state index contributed by atoms with van der Waals surface area (Å²) in [5.74, 6) is -6.90. The zero-order valence-electron chi connectivity index (χ0n) is 16.0. The third kappa shape index (κ3) is 4.64. The van der Waals surface area contributed by atoms with Crippen LogP contribution in [-0.2, 0) is 23.0 Å². The summed E-state index contributed by atoms with van der Waals surface area (Å²) < 4.78 is 84.2. The largest absolute Gasteiger partial charge is 0.333 e. The SMILES string of the molecule is Cn1cc(C(=O)NS(=O)(=O)c2ccc(Br)cc2C(C)(F)F)nc1-c1c(F)cccc1F. The van der Waals surface area contributed by atoms with E-state index in [0.29, 0.717) is 6.92 Å². The number of sulfonamides is 1. The van der Waals surface area contributed by atoms with Crippen molar-refractivity contribution in [1.29, 1.82) is 0 Å². The van der Waals surface area contributed by atoms with Crippen molar-refractivity contribution in [2.45, 2.75) is 17.7 Å². The molecule has 31 heavy (non-hydrogen) atoms. The van der Waals surface area contributed by atoms with Crippen LogP contribution in [0.4, 0.5) is 17.6 Å². The first-order chi connectivity index (χ1) is 14.3. The quantitative estimate of drug-likeness (QED) is 0.508. The first-order valence-corrected chi connectivity index (χ1v) is 10.8. The molecule has 3 aromatic rings. The molecule has 1 aromatic heterocycles. The Morgan fingerprint density at radius 2 is 1.77 bits per heavy atom. The van der Waals surface area contributed by atoms with Gasteiger partial charge in [0.05, 0.1) is 10.5 Å². The van der Waals surface area contributed by atoms with Crippen molar-refractivity contribution in [3.63, 3.8) is 0 Å². The van der Waals surface area contributed by atoms with E-state index < -0.39 is 55.2 Å². The lowest BCUT2D eigenvalue weighted by Crippen LogP contribution is -2.32. The number of alkyl halides is 2. The summed E-state index contributed by atoms with van der Waals surface area (Å²) in [5, 5.41) is 0. The zero-order chi connectivity index (χ0) is 23.1. The standard InChI is InChI=1S/C19H14BrF4N3O3S/c1-19(23,24)11-8-10(20)6-7-15(11)31(29,30)26-18(28)14-9-27(2)17(25-14)16-12(21)4-3-5-13(16)22/h3-9H,1-2H3,(H,26,28). The number of carbonyl (C=O) groups is 1. The highest BCUT2D eigenvalue weighted by molar-refractivity contribution is 9.10. The third-order valence-electron chi connectivity index (χ3n) is 4.23. The molecule has 3 rings (SSSR count). The predicted octanol–water partition coefficient (Wildman–Crippen LogP) is 4.36. The maximum Gasteiger partial charge on any atom is 0.285 e. The molecule has 1 amide bonds. The molecule has 164 valence electrons. The molecule has 0 spiro atoms. The fourth-order valence-electron chi connectivity index (χ4n) is 2.83. The highest BCUT2D eigenvalue weighted by Crippen LogP contribution is 2.34. The van der Waals surface area contributed by atoms with Gasteiger partial charge in [0, 0.05) is 30.2 Å². The van der Waals surface area contributed by atoms with Crippen molar-refractivity contribution >= 4 is 31.9 Å². The number of carbonyl (C=O) groups excluding carboxylic acids is 1. The number of amides is 1. The number of nitrogens with one attached hydrogen (secondary N) is 1. The Labute approximate surface area is 183 Å². The summed E-state index contributed by atoms with van der Waals surface area (Å²) in [7, 11) is -3.37. The van der Waals surface area contributed by atoms with E-state index >= 15 is 0 Å². The average Bonchev–Trinajstić information content (AvgIpc) is 3.02. The van der Waals surface area contributed by atoms with Gasteiger partial charge in [0.1, 0.15) is 23.2 Å². The summed E-state index contributed by atoms with van der Waals surface area (Å²) in [4.78, 5) is 15.5. The van der Waals surface area contributed by atoms with Crippen LogP contribution < -0.4 is 4.72 Å². The second-order valence-electron chi connectivity index (χ2n) is 6.62. The smallest absolute Gasteiger partial charge is 0.285 e. The Kier molecular flexibility index (Phi) is 5.98. The molecule has 12 heteroatoms. The van der Waals surface area contributed by atoms with Gasteiger partial charge in [-0.1, -0.05) is 22.0 Å². The van der Waals surface area contributed by atoms with Crippen LogP contribution in [0.2, 0.25) is 0 Å². The maximum absolute atomic E-state index is 14.0. The number of hydrogen-bond acceptors (Lipinski definition) is 4. The molecule has 0 aliphatic heterocycles. The number of nitrogens with zero attached hydrogens (tertiary/aromatic N) is 2. The molecule has 0 unspecified atom stereocenters. The van der Waals surface area contributed by atoms with Gasteiger partial charge in [0.15, 0.2) is 0 Å². The van der Waals surface area contributed by atoms with Crippen LogP contribution in [0.3, 0.4) is 0 Å². The molecule has 0 saturated heterocycles. The molecule has 1 N–H and O–H groups in total. The minimum Gasteiger partial charge on any atom is -0.333 e. The summed E-state index contributed by atoms with van der Waals surface area (Å²) >= 11 is 3.00. The fraction of sp³-hybridized carbons (Fsp3) is 0.158. The molecule has 0 radical (unpaired) electrons. The van der Waals surface area contributed by atoms with Gasteiger partial charge in [-0.05, 0) is 30.3 Å². The molecule has 0 aliphatic carbocycles. The van der Waals surface area contributed by atoms with E-state index in [4.69, 9.17) is 0 Å². The van der Waals surface area contributed by atoms with Crippen molar-refractivity contribution in [2.24, 2.45) is 7.05 Å². The first-order valence-electron chi connectivity index (χ1n) is 8.54. The van der Waals surface area contributed by atoms with Crippen LogP contribution in [-0.4, -0.2) is 23.9 Å². The number of hydrogen-bond donors (Lipinski definition) is 1. The van der Waals surface area contributed by atoms with Crippen molar-refractivity contribution in [3.05, 3.63) is 70.0 Å².